The smallest absolute Gasteiger partial charge is 0.0401 e. The molecular formula is C8H11NS2. The molecule has 11 heavy (non-hydrogen) atoms. The van der Waals surface area contributed by atoms with Crippen molar-refractivity contribution in [2.45, 2.75) is 13.0 Å². The molecule has 0 aliphatic rings. The third-order valence-corrected chi connectivity index (χ3v) is 2.30. The summed E-state index contributed by atoms with van der Waals surface area (Å²) in [6.07, 6.45) is 0. The molecule has 0 saturated heterocycles. The van der Waals surface area contributed by atoms with Crippen molar-refractivity contribution in [3.63, 3.8) is 0 Å². The van der Waals surface area contributed by atoms with Crippen molar-refractivity contribution in [2.75, 3.05) is 0 Å². The number of nitrogens with one attached hydrogen (secondary N) is 1. The summed E-state index contributed by atoms with van der Waals surface area (Å²) in [6.45, 7) is 2.11. The van der Waals surface area contributed by atoms with Gasteiger partial charge in [0, 0.05) is 6.04 Å². The second kappa shape index (κ2) is 4.70. The monoisotopic (exact) mass is 185 g/mol. The van der Waals surface area contributed by atoms with Gasteiger partial charge in [-0.25, -0.2) is 4.72 Å². The fourth-order valence-corrected chi connectivity index (χ4v) is 1.66. The Labute approximate surface area is 76.5 Å². The molecule has 3 heteroatoms. The Kier molecular flexibility index (Phi) is 3.83. The average Bonchev–Trinajstić information content (AvgIpc) is 2.07. The van der Waals surface area contributed by atoms with Crippen molar-refractivity contribution >= 4 is 22.6 Å². The van der Waals surface area contributed by atoms with Crippen molar-refractivity contribution in [3.05, 3.63) is 35.9 Å². The highest BCUT2D eigenvalue weighted by Crippen LogP contribution is 2.15. The van der Waals surface area contributed by atoms with Crippen LogP contribution < -0.4 is 4.72 Å². The highest BCUT2D eigenvalue weighted by molar-refractivity contribution is 8.67. The molecule has 0 amide bonds. The summed E-state index contributed by atoms with van der Waals surface area (Å²) >= 11 is 4.02. The van der Waals surface area contributed by atoms with E-state index in [0.717, 1.165) is 0 Å². The van der Waals surface area contributed by atoms with Crippen LogP contribution in [0.1, 0.15) is 18.5 Å². The van der Waals surface area contributed by atoms with E-state index in [9.17, 15) is 0 Å². The van der Waals surface area contributed by atoms with Crippen LogP contribution in [0, 0.1) is 0 Å². The van der Waals surface area contributed by atoms with Crippen LogP contribution in [0.5, 0.6) is 0 Å². The first-order valence-electron chi connectivity index (χ1n) is 3.45. The molecule has 1 nitrogen and oxygen atoms in total. The van der Waals surface area contributed by atoms with Crippen LogP contribution in [0.3, 0.4) is 0 Å². The maximum Gasteiger partial charge on any atom is 0.0401 e. The van der Waals surface area contributed by atoms with Gasteiger partial charge in [0.1, 0.15) is 0 Å². The van der Waals surface area contributed by atoms with Crippen molar-refractivity contribution in [1.29, 1.82) is 0 Å². The Bertz CT molecular complexity index is 201. The van der Waals surface area contributed by atoms with Gasteiger partial charge in [-0.1, -0.05) is 42.0 Å². The van der Waals surface area contributed by atoms with E-state index in [0.29, 0.717) is 6.04 Å². The van der Waals surface area contributed by atoms with Crippen LogP contribution >= 0.6 is 22.6 Å². The van der Waals surface area contributed by atoms with Crippen LogP contribution in [-0.2, 0) is 0 Å². The second-order valence-electron chi connectivity index (χ2n) is 2.34. The molecule has 1 aromatic rings. The molecule has 60 valence electrons. The van der Waals surface area contributed by atoms with E-state index in [-0.39, 0.29) is 0 Å². The lowest BCUT2D eigenvalue weighted by Crippen LogP contribution is -2.07. The number of hydrogen-bond acceptors (Lipinski definition) is 3. The predicted octanol–water partition coefficient (Wildman–Crippen LogP) is 2.83. The van der Waals surface area contributed by atoms with E-state index in [4.69, 9.17) is 0 Å². The first kappa shape index (κ1) is 8.97. The zero-order valence-electron chi connectivity index (χ0n) is 6.32. The van der Waals surface area contributed by atoms with Crippen LogP contribution in [0.2, 0.25) is 0 Å². The van der Waals surface area contributed by atoms with Crippen LogP contribution in [0.4, 0.5) is 0 Å². The van der Waals surface area contributed by atoms with Gasteiger partial charge in [-0.05, 0) is 23.5 Å². The standard InChI is InChI=1S/C8H11NS2/c1-7(9-11-10)8-5-3-2-4-6-8/h2-7,9-10H,1H3. The molecule has 1 aromatic carbocycles. The normalized spacial score (nSPS) is 12.9. The lowest BCUT2D eigenvalue weighted by molar-refractivity contribution is 0.758. The second-order valence-corrected chi connectivity index (χ2v) is 3.31. The number of hydrogen-bond donors (Lipinski definition) is 2. The molecule has 1 N–H and O–H groups in total. The van der Waals surface area contributed by atoms with E-state index in [2.05, 4.69) is 35.4 Å². The lowest BCUT2D eigenvalue weighted by Gasteiger charge is -2.10. The van der Waals surface area contributed by atoms with E-state index in [1.54, 1.807) is 0 Å². The minimum Gasteiger partial charge on any atom is -0.248 e. The largest absolute Gasteiger partial charge is 0.248 e. The van der Waals surface area contributed by atoms with Gasteiger partial charge in [-0.15, -0.1) is 0 Å². The molecule has 0 radical (unpaired) electrons. The van der Waals surface area contributed by atoms with Gasteiger partial charge in [0.15, 0.2) is 0 Å². The minimum absolute atomic E-state index is 0.360. The third kappa shape index (κ3) is 2.77. The van der Waals surface area contributed by atoms with Crippen molar-refractivity contribution in [1.82, 2.24) is 4.72 Å². The van der Waals surface area contributed by atoms with Gasteiger partial charge in [-0.2, -0.15) is 0 Å². The molecule has 0 saturated carbocycles. The molecule has 1 atom stereocenters. The minimum atomic E-state index is 0.360. The Morgan fingerprint density at radius 3 is 2.55 bits per heavy atom. The summed E-state index contributed by atoms with van der Waals surface area (Å²) in [5.74, 6) is 0. The van der Waals surface area contributed by atoms with E-state index >= 15 is 0 Å². The van der Waals surface area contributed by atoms with Crippen LogP contribution in [-0.4, -0.2) is 0 Å². The summed E-state index contributed by atoms with van der Waals surface area (Å²) < 4.78 is 3.14. The number of thiol groups is 1. The fraction of sp³-hybridized carbons (Fsp3) is 0.250. The van der Waals surface area contributed by atoms with Crippen molar-refractivity contribution in [2.24, 2.45) is 0 Å². The van der Waals surface area contributed by atoms with Crippen LogP contribution in [0.25, 0.3) is 0 Å². The number of rotatable bonds is 3. The van der Waals surface area contributed by atoms with Gasteiger partial charge in [-0.3, -0.25) is 0 Å². The summed E-state index contributed by atoms with van der Waals surface area (Å²) in [6, 6.07) is 10.7. The Morgan fingerprint density at radius 1 is 1.36 bits per heavy atom. The van der Waals surface area contributed by atoms with Gasteiger partial charge in [0.05, 0.1) is 0 Å². The summed E-state index contributed by atoms with van der Waals surface area (Å²) in [4.78, 5) is 0. The SMILES string of the molecule is CC(NSS)c1ccccc1. The average molecular weight is 185 g/mol. The van der Waals surface area contributed by atoms with Crippen molar-refractivity contribution < 1.29 is 0 Å². The molecule has 0 aromatic heterocycles. The molecule has 0 bridgehead atoms. The predicted molar refractivity (Wildman–Crippen MR) is 54.6 cm³/mol. The molecule has 1 unspecified atom stereocenters. The lowest BCUT2D eigenvalue weighted by atomic mass is 10.1. The molecule has 0 fully saturated rings. The maximum absolute atomic E-state index is 4.02. The molecule has 0 aliphatic heterocycles. The van der Waals surface area contributed by atoms with Gasteiger partial charge < -0.3 is 0 Å². The summed E-state index contributed by atoms with van der Waals surface area (Å²) in [5, 5.41) is 0. The zero-order valence-corrected chi connectivity index (χ0v) is 8.03. The van der Waals surface area contributed by atoms with Gasteiger partial charge >= 0.3 is 0 Å². The Balaban J connectivity index is 2.61. The zero-order chi connectivity index (χ0) is 8.10. The third-order valence-electron chi connectivity index (χ3n) is 1.53. The fourth-order valence-electron chi connectivity index (χ4n) is 0.889. The molecular weight excluding hydrogens is 174 g/mol. The van der Waals surface area contributed by atoms with Crippen LogP contribution in [0.15, 0.2) is 30.3 Å². The maximum atomic E-state index is 4.02. The topological polar surface area (TPSA) is 12.0 Å². The summed E-state index contributed by atoms with van der Waals surface area (Å²) in [5.41, 5.74) is 1.29. The highest BCUT2D eigenvalue weighted by atomic mass is 33.1. The van der Waals surface area contributed by atoms with E-state index in [1.165, 1.54) is 16.5 Å². The molecule has 0 heterocycles. The molecule has 0 aliphatic carbocycles. The number of benzene rings is 1. The molecule has 1 rings (SSSR count). The van der Waals surface area contributed by atoms with E-state index < -0.39 is 0 Å². The van der Waals surface area contributed by atoms with Crippen molar-refractivity contribution in [3.8, 4) is 0 Å². The Morgan fingerprint density at radius 2 is 2.00 bits per heavy atom. The van der Waals surface area contributed by atoms with E-state index in [1.807, 2.05) is 18.2 Å². The summed E-state index contributed by atoms with van der Waals surface area (Å²) in [7, 11) is 1.35. The quantitative estimate of drug-likeness (QED) is 0.427. The highest BCUT2D eigenvalue weighted by Gasteiger charge is 2.00. The first-order valence-corrected chi connectivity index (χ1v) is 5.32. The molecule has 0 spiro atoms. The van der Waals surface area contributed by atoms with Gasteiger partial charge in [0.2, 0.25) is 0 Å². The van der Waals surface area contributed by atoms with Gasteiger partial charge in [0.25, 0.3) is 0 Å². The Hall–Kier alpha value is -0.120. The first-order chi connectivity index (χ1) is 5.34.